The van der Waals surface area contributed by atoms with Crippen molar-refractivity contribution in [2.45, 2.75) is 10.1 Å². The maximum Gasteiger partial charge on any atom is 0.335 e. The fraction of sp³-hybridized carbons (Fsp3) is 0.118. The highest BCUT2D eigenvalue weighted by molar-refractivity contribution is 8.00. The van der Waals surface area contributed by atoms with E-state index in [4.69, 9.17) is 4.74 Å². The normalized spacial score (nSPS) is 17.1. The molecule has 0 aliphatic carbocycles. The lowest BCUT2D eigenvalue weighted by Crippen LogP contribution is -2.13. The molecule has 1 aliphatic rings. The largest absolute Gasteiger partial charge is 0.466 e. The Morgan fingerprint density at radius 3 is 2.50 bits per heavy atom. The second kappa shape index (κ2) is 5.55. The molecule has 2 nitrogen and oxygen atoms in total. The van der Waals surface area contributed by atoms with Crippen LogP contribution in [0.15, 0.2) is 65.1 Å². The molecule has 3 heteroatoms. The number of benzene rings is 2. The highest BCUT2D eigenvalue weighted by Gasteiger charge is 2.28. The molecule has 0 saturated heterocycles. The lowest BCUT2D eigenvalue weighted by Gasteiger charge is -2.24. The smallest absolute Gasteiger partial charge is 0.335 e. The summed E-state index contributed by atoms with van der Waals surface area (Å²) >= 11 is 1.69. The Kier molecular flexibility index (Phi) is 3.61. The van der Waals surface area contributed by atoms with Gasteiger partial charge < -0.3 is 4.74 Å². The molecule has 0 aromatic heterocycles. The van der Waals surface area contributed by atoms with E-state index in [-0.39, 0.29) is 11.2 Å². The van der Waals surface area contributed by atoms with Crippen molar-refractivity contribution in [1.82, 2.24) is 0 Å². The Morgan fingerprint density at radius 2 is 1.75 bits per heavy atom. The van der Waals surface area contributed by atoms with Crippen molar-refractivity contribution in [2.24, 2.45) is 0 Å². The van der Waals surface area contributed by atoms with Crippen molar-refractivity contribution in [1.29, 1.82) is 0 Å². The van der Waals surface area contributed by atoms with Gasteiger partial charge in [0.15, 0.2) is 0 Å². The van der Waals surface area contributed by atoms with Crippen molar-refractivity contribution in [3.63, 3.8) is 0 Å². The number of carbonyl (C=O) groups is 1. The van der Waals surface area contributed by atoms with Crippen LogP contribution in [0.4, 0.5) is 0 Å². The molecule has 0 bridgehead atoms. The lowest BCUT2D eigenvalue weighted by molar-refractivity contribution is -0.136. The van der Waals surface area contributed by atoms with Gasteiger partial charge in [-0.1, -0.05) is 48.5 Å². The van der Waals surface area contributed by atoms with E-state index in [0.29, 0.717) is 5.57 Å². The average molecular weight is 282 g/mol. The van der Waals surface area contributed by atoms with E-state index in [1.54, 1.807) is 11.8 Å². The van der Waals surface area contributed by atoms with E-state index < -0.39 is 0 Å². The van der Waals surface area contributed by atoms with Crippen molar-refractivity contribution in [3.8, 4) is 0 Å². The predicted molar refractivity (Wildman–Crippen MR) is 81.5 cm³/mol. The van der Waals surface area contributed by atoms with Gasteiger partial charge >= 0.3 is 5.97 Å². The number of carbonyl (C=O) groups excluding carboxylic acids is 1. The number of methoxy groups -OCH3 is 1. The molecule has 2 aromatic carbocycles. The van der Waals surface area contributed by atoms with Crippen molar-refractivity contribution in [2.75, 3.05) is 7.11 Å². The fourth-order valence-corrected chi connectivity index (χ4v) is 3.56. The van der Waals surface area contributed by atoms with Gasteiger partial charge in [-0.15, -0.1) is 11.8 Å². The van der Waals surface area contributed by atoms with Crippen LogP contribution in [0.5, 0.6) is 0 Å². The van der Waals surface area contributed by atoms with Crippen LogP contribution in [-0.4, -0.2) is 13.1 Å². The summed E-state index contributed by atoms with van der Waals surface area (Å²) in [6.07, 6.45) is 1.94. The maximum atomic E-state index is 12.1. The van der Waals surface area contributed by atoms with Crippen LogP contribution in [0.25, 0.3) is 6.08 Å². The molecule has 0 N–H and O–H groups in total. The molecule has 100 valence electrons. The van der Waals surface area contributed by atoms with Gasteiger partial charge in [-0.05, 0) is 23.3 Å². The Labute approximate surface area is 122 Å². The molecule has 0 fully saturated rings. The third-order valence-corrected chi connectivity index (χ3v) is 4.67. The Balaban J connectivity index is 2.09. The summed E-state index contributed by atoms with van der Waals surface area (Å²) in [6.45, 7) is 0. The van der Waals surface area contributed by atoms with Gasteiger partial charge in [0.1, 0.15) is 0 Å². The minimum atomic E-state index is -0.263. The molecule has 0 saturated carbocycles. The molecular formula is C17H14O2S. The molecular weight excluding hydrogens is 268 g/mol. The van der Waals surface area contributed by atoms with Crippen LogP contribution in [0.3, 0.4) is 0 Å². The quantitative estimate of drug-likeness (QED) is 0.776. The molecule has 20 heavy (non-hydrogen) atoms. The minimum absolute atomic E-state index is 0.0152. The molecule has 1 heterocycles. The zero-order valence-electron chi connectivity index (χ0n) is 11.1. The highest BCUT2D eigenvalue weighted by atomic mass is 32.2. The van der Waals surface area contributed by atoms with Crippen molar-refractivity contribution >= 4 is 23.8 Å². The standard InChI is InChI=1S/C17H14O2S/c1-19-17(18)14-11-13-9-5-6-10-15(13)20-16(14)12-7-3-2-4-8-12/h2-11,16H,1H3. The second-order valence-electron chi connectivity index (χ2n) is 4.54. The first kappa shape index (κ1) is 13.0. The number of hydrogen-bond donors (Lipinski definition) is 0. The van der Waals surface area contributed by atoms with E-state index in [9.17, 15) is 4.79 Å². The van der Waals surface area contributed by atoms with E-state index in [2.05, 4.69) is 6.07 Å². The zero-order valence-corrected chi connectivity index (χ0v) is 11.9. The summed E-state index contributed by atoms with van der Waals surface area (Å²) in [5.74, 6) is -0.263. The van der Waals surface area contributed by atoms with Crippen LogP contribution < -0.4 is 0 Å². The minimum Gasteiger partial charge on any atom is -0.466 e. The monoisotopic (exact) mass is 282 g/mol. The Bertz CT molecular complexity index is 662. The summed E-state index contributed by atoms with van der Waals surface area (Å²) in [5, 5.41) is -0.0152. The summed E-state index contributed by atoms with van der Waals surface area (Å²) < 4.78 is 4.94. The third kappa shape index (κ3) is 2.37. The van der Waals surface area contributed by atoms with E-state index in [1.807, 2.05) is 54.6 Å². The fourth-order valence-electron chi connectivity index (χ4n) is 2.30. The van der Waals surface area contributed by atoms with Crippen LogP contribution in [0.1, 0.15) is 16.4 Å². The van der Waals surface area contributed by atoms with Crippen LogP contribution >= 0.6 is 11.8 Å². The van der Waals surface area contributed by atoms with Crippen LogP contribution in [0.2, 0.25) is 0 Å². The Morgan fingerprint density at radius 1 is 1.05 bits per heavy atom. The molecule has 3 rings (SSSR count). The first-order chi connectivity index (χ1) is 9.79. The first-order valence-electron chi connectivity index (χ1n) is 6.40. The van der Waals surface area contributed by atoms with E-state index >= 15 is 0 Å². The van der Waals surface area contributed by atoms with Gasteiger partial charge in [0.05, 0.1) is 17.9 Å². The summed E-state index contributed by atoms with van der Waals surface area (Å²) in [6, 6.07) is 18.2. The van der Waals surface area contributed by atoms with Gasteiger partial charge in [0.2, 0.25) is 0 Å². The van der Waals surface area contributed by atoms with Crippen LogP contribution in [0, 0.1) is 0 Å². The van der Waals surface area contributed by atoms with E-state index in [1.165, 1.54) is 12.0 Å². The topological polar surface area (TPSA) is 26.3 Å². The van der Waals surface area contributed by atoms with Crippen molar-refractivity contribution < 1.29 is 9.53 Å². The second-order valence-corrected chi connectivity index (χ2v) is 5.68. The maximum absolute atomic E-state index is 12.1. The number of esters is 1. The molecule has 1 atom stereocenters. The molecule has 0 radical (unpaired) electrons. The van der Waals surface area contributed by atoms with Gasteiger partial charge in [-0.3, -0.25) is 0 Å². The number of hydrogen-bond acceptors (Lipinski definition) is 3. The highest BCUT2D eigenvalue weighted by Crippen LogP contribution is 2.46. The van der Waals surface area contributed by atoms with Gasteiger partial charge in [0, 0.05) is 4.90 Å². The molecule has 0 amide bonds. The van der Waals surface area contributed by atoms with Crippen molar-refractivity contribution in [3.05, 3.63) is 71.3 Å². The lowest BCUT2D eigenvalue weighted by atomic mass is 10.0. The Hall–Kier alpha value is -2.00. The molecule has 0 spiro atoms. The van der Waals surface area contributed by atoms with E-state index in [0.717, 1.165) is 11.1 Å². The van der Waals surface area contributed by atoms with Gasteiger partial charge in [0.25, 0.3) is 0 Å². The number of ether oxygens (including phenoxy) is 1. The zero-order chi connectivity index (χ0) is 13.9. The van der Waals surface area contributed by atoms with Gasteiger partial charge in [-0.2, -0.15) is 0 Å². The SMILES string of the molecule is COC(=O)C1=Cc2ccccc2SC1c1ccccc1. The van der Waals surface area contributed by atoms with Gasteiger partial charge in [-0.25, -0.2) is 4.79 Å². The summed E-state index contributed by atoms with van der Waals surface area (Å²) in [5.41, 5.74) is 2.89. The summed E-state index contributed by atoms with van der Waals surface area (Å²) in [7, 11) is 1.43. The third-order valence-electron chi connectivity index (χ3n) is 3.28. The first-order valence-corrected chi connectivity index (χ1v) is 7.28. The predicted octanol–water partition coefficient (Wildman–Crippen LogP) is 4.09. The molecule has 1 unspecified atom stereocenters. The van der Waals surface area contributed by atoms with Crippen LogP contribution in [-0.2, 0) is 9.53 Å². The molecule has 2 aromatic rings. The number of thioether (sulfide) groups is 1. The summed E-state index contributed by atoms with van der Waals surface area (Å²) in [4.78, 5) is 13.2. The number of fused-ring (bicyclic) bond motifs is 1. The molecule has 1 aliphatic heterocycles. The average Bonchev–Trinajstić information content (AvgIpc) is 2.53. The number of rotatable bonds is 2.